The summed E-state index contributed by atoms with van der Waals surface area (Å²) in [5, 5.41) is 4.45. The van der Waals surface area contributed by atoms with Gasteiger partial charge in [0.05, 0.1) is 0 Å². The van der Waals surface area contributed by atoms with Crippen LogP contribution in [0.5, 0.6) is 0 Å². The van der Waals surface area contributed by atoms with Crippen LogP contribution >= 0.6 is 23.2 Å². The molecule has 1 N–H and O–H groups in total. The first kappa shape index (κ1) is 14.7. The minimum absolute atomic E-state index is 0.140. The van der Waals surface area contributed by atoms with Gasteiger partial charge >= 0.3 is 0 Å². The Labute approximate surface area is 124 Å². The van der Waals surface area contributed by atoms with Gasteiger partial charge in [0.2, 0.25) is 5.91 Å². The number of hydrogen-bond acceptors (Lipinski definition) is 1. The van der Waals surface area contributed by atoms with Gasteiger partial charge in [-0.1, -0.05) is 37.0 Å². The fraction of sp³-hybridized carbons (Fsp3) is 0.533. The van der Waals surface area contributed by atoms with E-state index in [4.69, 9.17) is 23.2 Å². The van der Waals surface area contributed by atoms with Gasteiger partial charge in [0.15, 0.2) is 0 Å². The molecule has 1 amide bonds. The van der Waals surface area contributed by atoms with Gasteiger partial charge in [-0.05, 0) is 48.9 Å². The van der Waals surface area contributed by atoms with Gasteiger partial charge in [0.25, 0.3) is 0 Å². The molecule has 2 nitrogen and oxygen atoms in total. The molecule has 1 saturated heterocycles. The Morgan fingerprint density at radius 2 is 1.89 bits per heavy atom. The number of hydrogen-bond donors (Lipinski definition) is 1. The predicted octanol–water partition coefficient (Wildman–Crippen LogP) is 4.23. The molecule has 0 aromatic heterocycles. The van der Waals surface area contributed by atoms with Gasteiger partial charge in [-0.15, -0.1) is 0 Å². The number of carbonyl (C=O) groups is 1. The van der Waals surface area contributed by atoms with Crippen molar-refractivity contribution in [3.8, 4) is 0 Å². The molecular weight excluding hydrogens is 281 g/mol. The van der Waals surface area contributed by atoms with E-state index in [1.54, 1.807) is 6.07 Å². The Balaban J connectivity index is 2.22. The number of benzene rings is 1. The third-order valence-electron chi connectivity index (χ3n) is 3.50. The van der Waals surface area contributed by atoms with Crippen LogP contribution in [0.25, 0.3) is 0 Å². The Bertz CT molecular complexity index is 467. The Hall–Kier alpha value is -0.730. The highest BCUT2D eigenvalue weighted by Gasteiger charge is 2.38. The maximum absolute atomic E-state index is 11.6. The van der Waals surface area contributed by atoms with Crippen molar-refractivity contribution in [3.05, 3.63) is 33.8 Å². The Morgan fingerprint density at radius 1 is 1.26 bits per heavy atom. The van der Waals surface area contributed by atoms with Crippen LogP contribution in [-0.4, -0.2) is 11.4 Å². The molecule has 0 bridgehead atoms. The molecule has 0 radical (unpaired) electrons. The molecular formula is C15H19Cl2NO. The first-order valence-corrected chi connectivity index (χ1v) is 7.40. The number of rotatable bonds is 4. The molecule has 1 aliphatic rings. The van der Waals surface area contributed by atoms with Gasteiger partial charge in [0.1, 0.15) is 0 Å². The lowest BCUT2D eigenvalue weighted by Gasteiger charge is -2.31. The van der Waals surface area contributed by atoms with Crippen LogP contribution in [0.1, 0.15) is 38.7 Å². The lowest BCUT2D eigenvalue weighted by molar-refractivity contribution is -0.119. The normalized spacial score (nSPS) is 22.9. The fourth-order valence-corrected chi connectivity index (χ4v) is 3.59. The predicted molar refractivity (Wildman–Crippen MR) is 79.7 cm³/mol. The standard InChI is InChI=1S/C15H19Cl2NO/c1-10(2)8-15(4-3-14(19)18-15)9-11-5-12(16)7-13(17)6-11/h5-7,10H,3-4,8-9H2,1-2H3,(H,18,19). The molecule has 0 aliphatic carbocycles. The zero-order valence-electron chi connectivity index (χ0n) is 11.3. The average molecular weight is 300 g/mol. The zero-order valence-corrected chi connectivity index (χ0v) is 12.8. The van der Waals surface area contributed by atoms with Crippen LogP contribution in [0.4, 0.5) is 0 Å². The first-order valence-electron chi connectivity index (χ1n) is 6.64. The van der Waals surface area contributed by atoms with E-state index in [0.717, 1.165) is 24.8 Å². The van der Waals surface area contributed by atoms with E-state index in [9.17, 15) is 4.79 Å². The molecule has 104 valence electrons. The molecule has 2 rings (SSSR count). The largest absolute Gasteiger partial charge is 0.350 e. The third kappa shape index (κ3) is 3.87. The van der Waals surface area contributed by atoms with Crippen LogP contribution in [0.15, 0.2) is 18.2 Å². The van der Waals surface area contributed by atoms with Crippen molar-refractivity contribution in [1.29, 1.82) is 0 Å². The molecule has 1 aliphatic heterocycles. The van der Waals surface area contributed by atoms with E-state index in [2.05, 4.69) is 19.2 Å². The molecule has 1 aromatic rings. The number of nitrogens with one attached hydrogen (secondary N) is 1. The van der Waals surface area contributed by atoms with Crippen molar-refractivity contribution in [3.63, 3.8) is 0 Å². The number of halogens is 2. The quantitative estimate of drug-likeness (QED) is 0.885. The summed E-state index contributed by atoms with van der Waals surface area (Å²) >= 11 is 12.1. The van der Waals surface area contributed by atoms with E-state index in [1.807, 2.05) is 12.1 Å². The van der Waals surface area contributed by atoms with E-state index >= 15 is 0 Å². The molecule has 4 heteroatoms. The smallest absolute Gasteiger partial charge is 0.220 e. The minimum Gasteiger partial charge on any atom is -0.350 e. The third-order valence-corrected chi connectivity index (χ3v) is 3.94. The summed E-state index contributed by atoms with van der Waals surface area (Å²) < 4.78 is 0. The van der Waals surface area contributed by atoms with Gasteiger partial charge < -0.3 is 5.32 Å². The van der Waals surface area contributed by atoms with Crippen molar-refractivity contribution in [2.75, 3.05) is 0 Å². The maximum atomic E-state index is 11.6. The van der Waals surface area contributed by atoms with E-state index < -0.39 is 0 Å². The van der Waals surface area contributed by atoms with Crippen molar-refractivity contribution >= 4 is 29.1 Å². The summed E-state index contributed by atoms with van der Waals surface area (Å²) in [4.78, 5) is 11.6. The second kappa shape index (κ2) is 5.72. The summed E-state index contributed by atoms with van der Waals surface area (Å²) in [6.07, 6.45) is 3.26. The lowest BCUT2D eigenvalue weighted by atomic mass is 9.82. The Morgan fingerprint density at radius 3 is 2.37 bits per heavy atom. The lowest BCUT2D eigenvalue weighted by Crippen LogP contribution is -2.44. The first-order chi connectivity index (χ1) is 8.88. The summed E-state index contributed by atoms with van der Waals surface area (Å²) in [5.41, 5.74) is 0.944. The summed E-state index contributed by atoms with van der Waals surface area (Å²) in [7, 11) is 0. The molecule has 19 heavy (non-hydrogen) atoms. The highest BCUT2D eigenvalue weighted by Crippen LogP contribution is 2.32. The van der Waals surface area contributed by atoms with Gasteiger partial charge in [-0.3, -0.25) is 4.79 Å². The van der Waals surface area contributed by atoms with Crippen molar-refractivity contribution in [2.45, 2.75) is 45.1 Å². The highest BCUT2D eigenvalue weighted by atomic mass is 35.5. The van der Waals surface area contributed by atoms with Crippen molar-refractivity contribution in [1.82, 2.24) is 5.32 Å². The van der Waals surface area contributed by atoms with Gasteiger partial charge in [-0.25, -0.2) is 0 Å². The zero-order chi connectivity index (χ0) is 14.0. The van der Waals surface area contributed by atoms with Crippen molar-refractivity contribution < 1.29 is 4.79 Å². The van der Waals surface area contributed by atoms with E-state index in [-0.39, 0.29) is 11.4 Å². The molecule has 0 saturated carbocycles. The number of amides is 1. The van der Waals surface area contributed by atoms with Crippen LogP contribution in [-0.2, 0) is 11.2 Å². The van der Waals surface area contributed by atoms with Crippen LogP contribution in [0.2, 0.25) is 10.0 Å². The second-order valence-corrected chi connectivity index (χ2v) is 6.75. The monoisotopic (exact) mass is 299 g/mol. The second-order valence-electron chi connectivity index (χ2n) is 5.88. The molecule has 1 heterocycles. The highest BCUT2D eigenvalue weighted by molar-refractivity contribution is 6.34. The molecule has 1 unspecified atom stereocenters. The van der Waals surface area contributed by atoms with E-state index in [1.165, 1.54) is 0 Å². The van der Waals surface area contributed by atoms with Crippen LogP contribution in [0.3, 0.4) is 0 Å². The summed E-state index contributed by atoms with van der Waals surface area (Å²) in [5.74, 6) is 0.682. The summed E-state index contributed by atoms with van der Waals surface area (Å²) in [6, 6.07) is 5.59. The molecule has 0 spiro atoms. The molecule has 1 atom stereocenters. The van der Waals surface area contributed by atoms with Gasteiger partial charge in [-0.2, -0.15) is 0 Å². The number of carbonyl (C=O) groups excluding carboxylic acids is 1. The van der Waals surface area contributed by atoms with Crippen LogP contribution in [0, 0.1) is 5.92 Å². The molecule has 1 fully saturated rings. The fourth-order valence-electron chi connectivity index (χ4n) is 3.02. The topological polar surface area (TPSA) is 29.1 Å². The summed E-state index contributed by atoms with van der Waals surface area (Å²) in [6.45, 7) is 4.36. The average Bonchev–Trinajstić information content (AvgIpc) is 2.56. The SMILES string of the molecule is CC(C)CC1(Cc2cc(Cl)cc(Cl)c2)CCC(=O)N1. The maximum Gasteiger partial charge on any atom is 0.220 e. The van der Waals surface area contributed by atoms with Crippen LogP contribution < -0.4 is 5.32 Å². The van der Waals surface area contributed by atoms with E-state index in [0.29, 0.717) is 22.4 Å². The van der Waals surface area contributed by atoms with Crippen molar-refractivity contribution in [2.24, 2.45) is 5.92 Å². The minimum atomic E-state index is -0.140. The molecule has 1 aromatic carbocycles. The van der Waals surface area contributed by atoms with Gasteiger partial charge in [0, 0.05) is 22.0 Å². The Kier molecular flexibility index (Phi) is 4.42.